The van der Waals surface area contributed by atoms with Crippen LogP contribution in [0.5, 0.6) is 5.88 Å². The second-order valence-electron chi connectivity index (χ2n) is 4.28. The van der Waals surface area contributed by atoms with Gasteiger partial charge in [0.1, 0.15) is 12.1 Å². The average Bonchev–Trinajstić information content (AvgIpc) is 2.48. The molecule has 0 aliphatic carbocycles. The Balaban J connectivity index is 2.21. The van der Waals surface area contributed by atoms with Crippen molar-refractivity contribution in [2.24, 2.45) is 0 Å². The van der Waals surface area contributed by atoms with Gasteiger partial charge in [-0.05, 0) is 31.2 Å². The minimum atomic E-state index is -0.417. The summed E-state index contributed by atoms with van der Waals surface area (Å²) in [5, 5.41) is 3.27. The number of hydrogen-bond donors (Lipinski definition) is 1. The molecule has 1 aromatic carbocycles. The molecule has 2 rings (SSSR count). The monoisotopic (exact) mass is 295 g/mol. The van der Waals surface area contributed by atoms with E-state index in [0.717, 1.165) is 11.3 Å². The molecule has 4 nitrogen and oxygen atoms in total. The summed E-state index contributed by atoms with van der Waals surface area (Å²) in [7, 11) is 3.38. The first-order valence-corrected chi connectivity index (χ1v) is 6.49. The maximum atomic E-state index is 13.5. The second-order valence-corrected chi connectivity index (χ2v) is 4.69. The third-order valence-corrected chi connectivity index (χ3v) is 3.31. The number of methoxy groups -OCH3 is 1. The van der Waals surface area contributed by atoms with Gasteiger partial charge in [-0.1, -0.05) is 17.7 Å². The van der Waals surface area contributed by atoms with Crippen molar-refractivity contribution in [2.75, 3.05) is 14.2 Å². The van der Waals surface area contributed by atoms with Crippen LogP contribution in [0.15, 0.2) is 30.6 Å². The zero-order valence-electron chi connectivity index (χ0n) is 11.2. The van der Waals surface area contributed by atoms with E-state index >= 15 is 0 Å². The standard InChI is InChI=1S/C14H15ClFN3O/c1-17-12(13-7-14(20-2)19-8-18-13)6-9-3-4-10(15)11(16)5-9/h3-5,7-8,12,17H,6H2,1-2H3. The van der Waals surface area contributed by atoms with E-state index in [4.69, 9.17) is 16.3 Å². The van der Waals surface area contributed by atoms with Gasteiger partial charge in [0.2, 0.25) is 5.88 Å². The number of nitrogens with one attached hydrogen (secondary N) is 1. The Hall–Kier alpha value is -1.72. The number of ether oxygens (including phenoxy) is 1. The molecule has 0 aliphatic heterocycles. The fourth-order valence-electron chi connectivity index (χ4n) is 1.91. The first-order valence-electron chi connectivity index (χ1n) is 6.11. The molecule has 1 atom stereocenters. The van der Waals surface area contributed by atoms with E-state index in [0.29, 0.717) is 12.3 Å². The molecule has 0 radical (unpaired) electrons. The van der Waals surface area contributed by atoms with Crippen LogP contribution in [-0.4, -0.2) is 24.1 Å². The van der Waals surface area contributed by atoms with Gasteiger partial charge in [0, 0.05) is 6.07 Å². The molecule has 0 saturated heterocycles. The fourth-order valence-corrected chi connectivity index (χ4v) is 2.03. The number of halogens is 2. The lowest BCUT2D eigenvalue weighted by Gasteiger charge is -2.16. The molecule has 6 heteroatoms. The summed E-state index contributed by atoms with van der Waals surface area (Å²) in [6.07, 6.45) is 2.03. The molecule has 0 saturated carbocycles. The van der Waals surface area contributed by atoms with E-state index in [1.807, 2.05) is 7.05 Å². The summed E-state index contributed by atoms with van der Waals surface area (Å²) in [5.41, 5.74) is 1.62. The van der Waals surface area contributed by atoms with Gasteiger partial charge < -0.3 is 10.1 Å². The zero-order chi connectivity index (χ0) is 14.5. The molecule has 0 amide bonds. The molecular formula is C14H15ClFN3O. The summed E-state index contributed by atoms with van der Waals surface area (Å²) in [5.74, 6) is 0.0804. The largest absolute Gasteiger partial charge is 0.481 e. The number of nitrogens with zero attached hydrogens (tertiary/aromatic N) is 2. The van der Waals surface area contributed by atoms with Crippen molar-refractivity contribution in [3.05, 3.63) is 52.7 Å². The lowest BCUT2D eigenvalue weighted by atomic mass is 10.0. The summed E-state index contributed by atoms with van der Waals surface area (Å²) < 4.78 is 18.5. The highest BCUT2D eigenvalue weighted by Crippen LogP contribution is 2.21. The molecule has 2 aromatic rings. The van der Waals surface area contributed by atoms with Crippen molar-refractivity contribution >= 4 is 11.6 Å². The van der Waals surface area contributed by atoms with E-state index in [-0.39, 0.29) is 11.1 Å². The van der Waals surface area contributed by atoms with Crippen molar-refractivity contribution in [1.82, 2.24) is 15.3 Å². The minimum absolute atomic E-state index is 0.0625. The second kappa shape index (κ2) is 6.63. The van der Waals surface area contributed by atoms with Gasteiger partial charge in [0.05, 0.1) is 23.9 Å². The topological polar surface area (TPSA) is 47.0 Å². The van der Waals surface area contributed by atoms with Crippen molar-refractivity contribution in [2.45, 2.75) is 12.5 Å². The molecular weight excluding hydrogens is 281 g/mol. The third-order valence-electron chi connectivity index (χ3n) is 3.00. The van der Waals surface area contributed by atoms with Gasteiger partial charge in [0.25, 0.3) is 0 Å². The van der Waals surface area contributed by atoms with Crippen molar-refractivity contribution in [3.63, 3.8) is 0 Å². The molecule has 106 valence electrons. The molecule has 1 aromatic heterocycles. The Kier molecular flexibility index (Phi) is 4.87. The van der Waals surface area contributed by atoms with Crippen LogP contribution in [0.25, 0.3) is 0 Å². The summed E-state index contributed by atoms with van der Waals surface area (Å²) >= 11 is 5.68. The fraction of sp³-hybridized carbons (Fsp3) is 0.286. The molecule has 0 fully saturated rings. The quantitative estimate of drug-likeness (QED) is 0.921. The highest BCUT2D eigenvalue weighted by Gasteiger charge is 2.14. The van der Waals surface area contributed by atoms with Crippen molar-refractivity contribution in [1.29, 1.82) is 0 Å². The van der Waals surface area contributed by atoms with Crippen LogP contribution in [0.3, 0.4) is 0 Å². The molecule has 0 aliphatic rings. The van der Waals surface area contributed by atoms with E-state index in [9.17, 15) is 4.39 Å². The third kappa shape index (κ3) is 3.43. The first kappa shape index (κ1) is 14.7. The van der Waals surface area contributed by atoms with Gasteiger partial charge in [-0.25, -0.2) is 14.4 Å². The molecule has 20 heavy (non-hydrogen) atoms. The van der Waals surface area contributed by atoms with Crippen LogP contribution in [0.4, 0.5) is 4.39 Å². The Morgan fingerprint density at radius 2 is 2.15 bits per heavy atom. The van der Waals surface area contributed by atoms with Crippen LogP contribution in [-0.2, 0) is 6.42 Å². The Morgan fingerprint density at radius 3 is 2.80 bits per heavy atom. The van der Waals surface area contributed by atoms with E-state index in [1.165, 1.54) is 12.4 Å². The maximum Gasteiger partial charge on any atom is 0.216 e. The summed E-state index contributed by atoms with van der Waals surface area (Å²) in [6, 6.07) is 6.49. The minimum Gasteiger partial charge on any atom is -0.481 e. The highest BCUT2D eigenvalue weighted by atomic mass is 35.5. The number of aromatic nitrogens is 2. The normalized spacial score (nSPS) is 12.2. The van der Waals surface area contributed by atoms with Gasteiger partial charge in [0.15, 0.2) is 0 Å². The zero-order valence-corrected chi connectivity index (χ0v) is 12.0. The van der Waals surface area contributed by atoms with Crippen LogP contribution in [0.2, 0.25) is 5.02 Å². The lowest BCUT2D eigenvalue weighted by Crippen LogP contribution is -2.20. The Morgan fingerprint density at radius 1 is 1.35 bits per heavy atom. The van der Waals surface area contributed by atoms with E-state index in [2.05, 4.69) is 15.3 Å². The van der Waals surface area contributed by atoms with Crippen LogP contribution >= 0.6 is 11.6 Å². The predicted octanol–water partition coefficient (Wildman–Crippen LogP) is 2.78. The summed E-state index contributed by atoms with van der Waals surface area (Å²) in [4.78, 5) is 8.19. The number of likely N-dealkylation sites (N-methyl/N-ethyl adjacent to an activating group) is 1. The van der Waals surface area contributed by atoms with E-state index in [1.54, 1.807) is 25.3 Å². The maximum absolute atomic E-state index is 13.5. The molecule has 1 heterocycles. The number of rotatable bonds is 5. The molecule has 0 bridgehead atoms. The van der Waals surface area contributed by atoms with E-state index < -0.39 is 5.82 Å². The van der Waals surface area contributed by atoms with Gasteiger partial charge in [-0.2, -0.15) is 0 Å². The van der Waals surface area contributed by atoms with Gasteiger partial charge in [-0.15, -0.1) is 0 Å². The van der Waals surface area contributed by atoms with Gasteiger partial charge >= 0.3 is 0 Å². The van der Waals surface area contributed by atoms with Gasteiger partial charge in [-0.3, -0.25) is 0 Å². The number of hydrogen-bond acceptors (Lipinski definition) is 4. The van der Waals surface area contributed by atoms with Crippen LogP contribution in [0.1, 0.15) is 17.3 Å². The average molecular weight is 296 g/mol. The Labute approximate surface area is 122 Å². The number of benzene rings is 1. The Bertz CT molecular complexity index is 594. The lowest BCUT2D eigenvalue weighted by molar-refractivity contribution is 0.394. The first-order chi connectivity index (χ1) is 9.63. The smallest absolute Gasteiger partial charge is 0.216 e. The summed E-state index contributed by atoms with van der Waals surface area (Å²) in [6.45, 7) is 0. The van der Waals surface area contributed by atoms with Crippen LogP contribution in [0, 0.1) is 5.82 Å². The van der Waals surface area contributed by atoms with Crippen molar-refractivity contribution < 1.29 is 9.13 Å². The van der Waals surface area contributed by atoms with Crippen molar-refractivity contribution in [3.8, 4) is 5.88 Å². The SMILES string of the molecule is CNC(Cc1ccc(Cl)c(F)c1)c1cc(OC)ncn1. The molecule has 1 unspecified atom stereocenters. The van der Waals surface area contributed by atoms with Crippen LogP contribution < -0.4 is 10.1 Å². The molecule has 1 N–H and O–H groups in total. The highest BCUT2D eigenvalue weighted by molar-refractivity contribution is 6.30. The predicted molar refractivity (Wildman–Crippen MR) is 75.5 cm³/mol. The molecule has 0 spiro atoms.